The molecule has 1 spiro atoms. The topological polar surface area (TPSA) is 58.6 Å². The van der Waals surface area contributed by atoms with Crippen molar-refractivity contribution < 1.29 is 9.53 Å². The molecule has 3 heterocycles. The van der Waals surface area contributed by atoms with Gasteiger partial charge in [0.15, 0.2) is 5.82 Å². The maximum atomic E-state index is 12.6. The van der Waals surface area contributed by atoms with Crippen molar-refractivity contribution >= 4 is 17.8 Å². The second-order valence-corrected chi connectivity index (χ2v) is 7.64. The number of methoxy groups -OCH3 is 1. The number of amides is 1. The Morgan fingerprint density at radius 2 is 1.89 bits per heavy atom. The van der Waals surface area contributed by atoms with Crippen molar-refractivity contribution in [2.75, 3.05) is 38.2 Å². The molecular weight excluding hydrogens is 352 g/mol. The van der Waals surface area contributed by atoms with Crippen LogP contribution in [0.3, 0.4) is 0 Å². The number of piperidine rings is 1. The molecule has 0 N–H and O–H groups in total. The Morgan fingerprint density at radius 3 is 2.64 bits per heavy atom. The fourth-order valence-corrected chi connectivity index (χ4v) is 4.23. The second kappa shape index (κ2) is 8.00. The maximum absolute atomic E-state index is 12.6. The minimum absolute atomic E-state index is 0.0869. The lowest BCUT2D eigenvalue weighted by Crippen LogP contribution is -2.42. The van der Waals surface area contributed by atoms with Crippen molar-refractivity contribution in [3.05, 3.63) is 54.4 Å². The van der Waals surface area contributed by atoms with Crippen molar-refractivity contribution in [2.24, 2.45) is 5.41 Å². The van der Waals surface area contributed by atoms with Crippen LogP contribution in [-0.2, 0) is 4.79 Å². The largest absolute Gasteiger partial charge is 0.478 e. The van der Waals surface area contributed by atoms with E-state index in [-0.39, 0.29) is 11.3 Å². The summed E-state index contributed by atoms with van der Waals surface area (Å²) >= 11 is 0. The minimum atomic E-state index is 0.0869. The molecule has 0 saturated carbocycles. The summed E-state index contributed by atoms with van der Waals surface area (Å²) in [6.07, 6.45) is 10.1. The summed E-state index contributed by atoms with van der Waals surface area (Å²) in [4.78, 5) is 25.5. The molecule has 2 saturated heterocycles. The molecule has 146 valence electrons. The molecule has 1 aromatic carbocycles. The molecule has 2 aliphatic rings. The van der Waals surface area contributed by atoms with Crippen LogP contribution in [0.1, 0.15) is 24.8 Å². The monoisotopic (exact) mass is 378 g/mol. The third-order valence-corrected chi connectivity index (χ3v) is 5.80. The number of likely N-dealkylation sites (tertiary alicyclic amines) is 1. The van der Waals surface area contributed by atoms with E-state index in [4.69, 9.17) is 4.74 Å². The van der Waals surface area contributed by atoms with Crippen LogP contribution in [0.2, 0.25) is 0 Å². The number of nitrogens with zero attached hydrogens (tertiary/aromatic N) is 4. The normalized spacial score (nSPS) is 19.0. The number of anilines is 1. The van der Waals surface area contributed by atoms with Crippen LogP contribution in [0.5, 0.6) is 5.88 Å². The van der Waals surface area contributed by atoms with Crippen molar-refractivity contribution in [3.8, 4) is 5.88 Å². The quantitative estimate of drug-likeness (QED) is 0.800. The van der Waals surface area contributed by atoms with E-state index in [1.165, 1.54) is 0 Å². The zero-order valence-electron chi connectivity index (χ0n) is 16.3. The Labute approximate surface area is 165 Å². The number of hydrogen-bond acceptors (Lipinski definition) is 5. The third-order valence-electron chi connectivity index (χ3n) is 5.80. The number of aromatic nitrogens is 2. The highest BCUT2D eigenvalue weighted by Gasteiger charge is 2.44. The first-order valence-corrected chi connectivity index (χ1v) is 9.78. The summed E-state index contributed by atoms with van der Waals surface area (Å²) in [5, 5.41) is 0. The van der Waals surface area contributed by atoms with Crippen molar-refractivity contribution in [1.29, 1.82) is 0 Å². The van der Waals surface area contributed by atoms with E-state index in [2.05, 4.69) is 39.2 Å². The van der Waals surface area contributed by atoms with Gasteiger partial charge in [0.1, 0.15) is 0 Å². The molecule has 6 nitrogen and oxygen atoms in total. The van der Waals surface area contributed by atoms with Gasteiger partial charge in [-0.25, -0.2) is 9.97 Å². The summed E-state index contributed by atoms with van der Waals surface area (Å²) in [6.45, 7) is 3.26. The molecule has 0 atom stereocenters. The van der Waals surface area contributed by atoms with Crippen LogP contribution in [0.15, 0.2) is 48.8 Å². The Kier molecular flexibility index (Phi) is 5.28. The molecule has 1 aromatic heterocycles. The number of ether oxygens (including phenoxy) is 1. The molecule has 6 heteroatoms. The van der Waals surface area contributed by atoms with Gasteiger partial charge in [-0.15, -0.1) is 0 Å². The number of hydrogen-bond donors (Lipinski definition) is 0. The minimum Gasteiger partial charge on any atom is -0.478 e. The highest BCUT2D eigenvalue weighted by atomic mass is 16.5. The molecule has 28 heavy (non-hydrogen) atoms. The van der Waals surface area contributed by atoms with E-state index >= 15 is 0 Å². The van der Waals surface area contributed by atoms with Gasteiger partial charge in [-0.3, -0.25) is 4.79 Å². The van der Waals surface area contributed by atoms with Gasteiger partial charge >= 0.3 is 0 Å². The van der Waals surface area contributed by atoms with E-state index in [0.29, 0.717) is 18.8 Å². The first kappa shape index (κ1) is 18.5. The third kappa shape index (κ3) is 3.86. The number of benzene rings is 1. The van der Waals surface area contributed by atoms with Crippen molar-refractivity contribution in [1.82, 2.24) is 14.9 Å². The maximum Gasteiger partial charge on any atom is 0.257 e. The first-order valence-electron chi connectivity index (χ1n) is 9.78. The van der Waals surface area contributed by atoms with Crippen LogP contribution >= 0.6 is 0 Å². The van der Waals surface area contributed by atoms with Crippen LogP contribution in [-0.4, -0.2) is 54.1 Å². The van der Waals surface area contributed by atoms with Crippen LogP contribution in [0.4, 0.5) is 5.82 Å². The number of carbonyl (C=O) groups is 1. The Morgan fingerprint density at radius 1 is 1.14 bits per heavy atom. The summed E-state index contributed by atoms with van der Waals surface area (Å²) in [5.74, 6) is 1.63. The first-order chi connectivity index (χ1) is 13.7. The van der Waals surface area contributed by atoms with Gasteiger partial charge < -0.3 is 14.5 Å². The van der Waals surface area contributed by atoms with E-state index < -0.39 is 0 Å². The van der Waals surface area contributed by atoms with Crippen LogP contribution in [0, 0.1) is 5.41 Å². The zero-order valence-corrected chi connectivity index (χ0v) is 16.3. The molecule has 4 rings (SSSR count). The molecule has 1 amide bonds. The van der Waals surface area contributed by atoms with Crippen molar-refractivity contribution in [2.45, 2.75) is 19.3 Å². The molecule has 0 radical (unpaired) electrons. The lowest BCUT2D eigenvalue weighted by molar-refractivity contribution is -0.127. The Hall–Kier alpha value is -2.89. The summed E-state index contributed by atoms with van der Waals surface area (Å²) in [5.41, 5.74) is 1.25. The van der Waals surface area contributed by atoms with E-state index in [1.807, 2.05) is 23.1 Å². The highest BCUT2D eigenvalue weighted by molar-refractivity contribution is 5.80. The molecule has 0 bridgehead atoms. The Balaban J connectivity index is 1.36. The second-order valence-electron chi connectivity index (χ2n) is 7.64. The predicted molar refractivity (Wildman–Crippen MR) is 109 cm³/mol. The predicted octanol–water partition coefficient (Wildman–Crippen LogP) is 3.02. The van der Waals surface area contributed by atoms with Gasteiger partial charge in [0, 0.05) is 50.4 Å². The zero-order chi connectivity index (χ0) is 19.4. The molecule has 2 aliphatic heterocycles. The average molecular weight is 378 g/mol. The van der Waals surface area contributed by atoms with Gasteiger partial charge in [0.2, 0.25) is 5.91 Å². The highest BCUT2D eigenvalue weighted by Crippen LogP contribution is 2.42. The molecular formula is C22H26N4O2. The van der Waals surface area contributed by atoms with Crippen LogP contribution in [0.25, 0.3) is 6.08 Å². The molecule has 2 aromatic rings. The van der Waals surface area contributed by atoms with Gasteiger partial charge in [-0.2, -0.15) is 0 Å². The SMILES string of the molecule is COc1nccnc1N1CCC2(CC1)CC(=O)N(C/C=C/c1ccccc1)C2. The standard InChI is InChI=1S/C22H26N4O2/c1-28-21-20(23-11-12-24-21)25-14-9-22(10-15-25)16-19(27)26(17-22)13-5-8-18-6-3-2-4-7-18/h2-8,11-12H,9-10,13-17H2,1H3/b8-5+. The van der Waals surface area contributed by atoms with E-state index in [0.717, 1.165) is 43.9 Å². The number of carbonyl (C=O) groups excluding carboxylic acids is 1. The fraction of sp³-hybridized carbons (Fsp3) is 0.409. The Bertz CT molecular complexity index is 845. The van der Waals surface area contributed by atoms with Gasteiger partial charge in [0.25, 0.3) is 5.88 Å². The van der Waals surface area contributed by atoms with Gasteiger partial charge in [-0.1, -0.05) is 42.5 Å². The van der Waals surface area contributed by atoms with Crippen LogP contribution < -0.4 is 9.64 Å². The van der Waals surface area contributed by atoms with E-state index in [9.17, 15) is 4.79 Å². The molecule has 0 aliphatic carbocycles. The average Bonchev–Trinajstić information content (AvgIpc) is 3.04. The smallest absolute Gasteiger partial charge is 0.257 e. The van der Waals surface area contributed by atoms with Crippen molar-refractivity contribution in [3.63, 3.8) is 0 Å². The summed E-state index contributed by atoms with van der Waals surface area (Å²) in [7, 11) is 1.62. The summed E-state index contributed by atoms with van der Waals surface area (Å²) in [6, 6.07) is 10.2. The summed E-state index contributed by atoms with van der Waals surface area (Å²) < 4.78 is 5.35. The molecule has 2 fully saturated rings. The van der Waals surface area contributed by atoms with Gasteiger partial charge in [0.05, 0.1) is 7.11 Å². The lowest BCUT2D eigenvalue weighted by Gasteiger charge is -2.39. The molecule has 0 unspecified atom stereocenters. The van der Waals surface area contributed by atoms with E-state index in [1.54, 1.807) is 19.5 Å². The fourth-order valence-electron chi connectivity index (χ4n) is 4.23. The number of rotatable bonds is 5. The lowest BCUT2D eigenvalue weighted by atomic mass is 9.77. The van der Waals surface area contributed by atoms with Gasteiger partial charge in [-0.05, 0) is 18.4 Å².